The Hall–Kier alpha value is -2.17. The second kappa shape index (κ2) is 4.57. The number of H-pyrrole nitrogens is 1. The van der Waals surface area contributed by atoms with Gasteiger partial charge in [-0.05, 0) is 12.5 Å². The van der Waals surface area contributed by atoms with Crippen molar-refractivity contribution in [3.05, 3.63) is 47.5 Å². The van der Waals surface area contributed by atoms with Crippen molar-refractivity contribution in [1.29, 1.82) is 0 Å². The minimum Gasteiger partial charge on any atom is -0.455 e. The zero-order valence-electron chi connectivity index (χ0n) is 8.80. The summed E-state index contributed by atoms with van der Waals surface area (Å²) < 4.78 is 5.05. The first-order chi connectivity index (χ1) is 7.75. The molecule has 0 aliphatic heterocycles. The Morgan fingerprint density at radius 1 is 1.31 bits per heavy atom. The predicted molar refractivity (Wildman–Crippen MR) is 56.7 cm³/mol. The first kappa shape index (κ1) is 10.4. The maximum Gasteiger partial charge on any atom is 0.376 e. The molecule has 1 heterocycles. The van der Waals surface area contributed by atoms with Gasteiger partial charge in [-0.15, -0.1) is 10.2 Å². The third-order valence-corrected chi connectivity index (χ3v) is 2.01. The molecule has 0 radical (unpaired) electrons. The molecule has 0 unspecified atom stereocenters. The number of aromatic nitrogens is 3. The molecule has 2 rings (SSSR count). The van der Waals surface area contributed by atoms with Gasteiger partial charge in [0.2, 0.25) is 5.82 Å². The zero-order chi connectivity index (χ0) is 11.4. The minimum absolute atomic E-state index is 0.133. The van der Waals surface area contributed by atoms with Gasteiger partial charge in [-0.1, -0.05) is 30.3 Å². The third kappa shape index (κ3) is 2.44. The molecule has 2 aromatic rings. The molecule has 0 aliphatic carbocycles. The van der Waals surface area contributed by atoms with Crippen molar-refractivity contribution in [3.8, 4) is 0 Å². The van der Waals surface area contributed by atoms with Gasteiger partial charge in [0.1, 0.15) is 12.4 Å². The highest BCUT2D eigenvalue weighted by Crippen LogP contribution is 2.02. The van der Waals surface area contributed by atoms with Gasteiger partial charge in [0.25, 0.3) is 0 Å². The molecule has 0 fully saturated rings. The van der Waals surface area contributed by atoms with Gasteiger partial charge in [-0.3, -0.25) is 0 Å². The molecule has 0 bridgehead atoms. The van der Waals surface area contributed by atoms with E-state index in [-0.39, 0.29) is 12.4 Å². The van der Waals surface area contributed by atoms with Crippen LogP contribution in [0.2, 0.25) is 0 Å². The number of aromatic amines is 1. The average Bonchev–Trinajstić information content (AvgIpc) is 2.74. The SMILES string of the molecule is Cc1nnc(C(=O)OCc2ccccc2)[nH]1. The lowest BCUT2D eigenvalue weighted by molar-refractivity contribution is 0.0458. The van der Waals surface area contributed by atoms with Crippen LogP contribution in [0.25, 0.3) is 0 Å². The van der Waals surface area contributed by atoms with Crippen molar-refractivity contribution in [2.45, 2.75) is 13.5 Å². The van der Waals surface area contributed by atoms with Crippen LogP contribution in [-0.4, -0.2) is 21.2 Å². The Balaban J connectivity index is 1.94. The number of benzene rings is 1. The summed E-state index contributed by atoms with van der Waals surface area (Å²) in [6.07, 6.45) is 0. The van der Waals surface area contributed by atoms with Crippen LogP contribution in [0.1, 0.15) is 22.0 Å². The van der Waals surface area contributed by atoms with Gasteiger partial charge in [0.05, 0.1) is 0 Å². The summed E-state index contributed by atoms with van der Waals surface area (Å²) in [6.45, 7) is 1.96. The number of aryl methyl sites for hydroxylation is 1. The van der Waals surface area contributed by atoms with Crippen molar-refractivity contribution in [3.63, 3.8) is 0 Å². The Morgan fingerprint density at radius 2 is 2.06 bits per heavy atom. The molecule has 5 nitrogen and oxygen atoms in total. The van der Waals surface area contributed by atoms with Gasteiger partial charge in [0.15, 0.2) is 0 Å². The van der Waals surface area contributed by atoms with Gasteiger partial charge in [-0.2, -0.15) is 0 Å². The Labute approximate surface area is 92.5 Å². The van der Waals surface area contributed by atoms with E-state index < -0.39 is 5.97 Å². The molecule has 1 aromatic carbocycles. The summed E-state index contributed by atoms with van der Waals surface area (Å²) in [5, 5.41) is 7.33. The molecular formula is C11H11N3O2. The molecular weight excluding hydrogens is 206 g/mol. The van der Waals surface area contributed by atoms with Crippen LogP contribution in [0.3, 0.4) is 0 Å². The molecule has 0 amide bonds. The molecule has 16 heavy (non-hydrogen) atoms. The normalized spacial score (nSPS) is 10.1. The van der Waals surface area contributed by atoms with Crippen LogP contribution in [0.15, 0.2) is 30.3 Å². The van der Waals surface area contributed by atoms with E-state index in [4.69, 9.17) is 4.74 Å². The molecule has 0 saturated carbocycles. The highest BCUT2D eigenvalue weighted by Gasteiger charge is 2.11. The van der Waals surface area contributed by atoms with Crippen molar-refractivity contribution < 1.29 is 9.53 Å². The summed E-state index contributed by atoms with van der Waals surface area (Å²) >= 11 is 0. The third-order valence-electron chi connectivity index (χ3n) is 2.01. The first-order valence-corrected chi connectivity index (χ1v) is 4.86. The van der Waals surface area contributed by atoms with E-state index in [9.17, 15) is 4.79 Å². The summed E-state index contributed by atoms with van der Waals surface area (Å²) in [4.78, 5) is 14.2. The maximum absolute atomic E-state index is 11.5. The van der Waals surface area contributed by atoms with Gasteiger partial charge in [0, 0.05) is 0 Å². The standard InChI is InChI=1S/C11H11N3O2/c1-8-12-10(14-13-8)11(15)16-7-9-5-3-2-4-6-9/h2-6H,7H2,1H3,(H,12,13,14). The number of rotatable bonds is 3. The number of ether oxygens (including phenoxy) is 1. The van der Waals surface area contributed by atoms with Gasteiger partial charge >= 0.3 is 5.97 Å². The monoisotopic (exact) mass is 217 g/mol. The predicted octanol–water partition coefficient (Wildman–Crippen LogP) is 1.47. The van der Waals surface area contributed by atoms with Crippen LogP contribution >= 0.6 is 0 Å². The Kier molecular flexibility index (Phi) is 2.95. The number of nitrogens with zero attached hydrogens (tertiary/aromatic N) is 2. The fourth-order valence-electron chi connectivity index (χ4n) is 1.23. The highest BCUT2D eigenvalue weighted by atomic mass is 16.5. The smallest absolute Gasteiger partial charge is 0.376 e. The number of hydrogen-bond acceptors (Lipinski definition) is 4. The largest absolute Gasteiger partial charge is 0.455 e. The molecule has 0 atom stereocenters. The number of nitrogens with one attached hydrogen (secondary N) is 1. The quantitative estimate of drug-likeness (QED) is 0.790. The van der Waals surface area contributed by atoms with E-state index in [1.807, 2.05) is 30.3 Å². The molecule has 1 N–H and O–H groups in total. The number of carbonyl (C=O) groups is 1. The Bertz CT molecular complexity index is 479. The number of hydrogen-bond donors (Lipinski definition) is 1. The van der Waals surface area contributed by atoms with E-state index in [1.54, 1.807) is 6.92 Å². The van der Waals surface area contributed by atoms with Crippen LogP contribution in [0.5, 0.6) is 0 Å². The second-order valence-corrected chi connectivity index (χ2v) is 3.32. The van der Waals surface area contributed by atoms with Crippen LogP contribution in [-0.2, 0) is 11.3 Å². The lowest BCUT2D eigenvalue weighted by Gasteiger charge is -2.01. The topological polar surface area (TPSA) is 67.9 Å². The van der Waals surface area contributed by atoms with E-state index in [1.165, 1.54) is 0 Å². The molecule has 82 valence electrons. The van der Waals surface area contributed by atoms with Crippen LogP contribution in [0, 0.1) is 6.92 Å². The second-order valence-electron chi connectivity index (χ2n) is 3.32. The summed E-state index contributed by atoms with van der Waals surface area (Å²) in [5.74, 6) is 0.226. The fraction of sp³-hybridized carbons (Fsp3) is 0.182. The van der Waals surface area contributed by atoms with Crippen molar-refractivity contribution in [1.82, 2.24) is 15.2 Å². The molecule has 1 aromatic heterocycles. The highest BCUT2D eigenvalue weighted by molar-refractivity contribution is 5.84. The van der Waals surface area contributed by atoms with Crippen LogP contribution < -0.4 is 0 Å². The van der Waals surface area contributed by atoms with E-state index in [0.29, 0.717) is 5.82 Å². The first-order valence-electron chi connectivity index (χ1n) is 4.86. The van der Waals surface area contributed by atoms with E-state index >= 15 is 0 Å². The average molecular weight is 217 g/mol. The molecule has 0 aliphatic rings. The van der Waals surface area contributed by atoms with E-state index in [2.05, 4.69) is 15.2 Å². The van der Waals surface area contributed by atoms with Crippen molar-refractivity contribution >= 4 is 5.97 Å². The van der Waals surface area contributed by atoms with Crippen LogP contribution in [0.4, 0.5) is 0 Å². The van der Waals surface area contributed by atoms with Gasteiger partial charge in [-0.25, -0.2) is 4.79 Å². The molecule has 0 saturated heterocycles. The maximum atomic E-state index is 11.5. The molecule has 0 spiro atoms. The van der Waals surface area contributed by atoms with E-state index in [0.717, 1.165) is 5.56 Å². The minimum atomic E-state index is -0.496. The van der Waals surface area contributed by atoms with Crippen molar-refractivity contribution in [2.24, 2.45) is 0 Å². The summed E-state index contributed by atoms with van der Waals surface area (Å²) in [6, 6.07) is 9.46. The number of esters is 1. The lowest BCUT2D eigenvalue weighted by Crippen LogP contribution is -2.07. The number of carbonyl (C=O) groups excluding carboxylic acids is 1. The van der Waals surface area contributed by atoms with Crippen molar-refractivity contribution in [2.75, 3.05) is 0 Å². The lowest BCUT2D eigenvalue weighted by atomic mass is 10.2. The fourth-order valence-corrected chi connectivity index (χ4v) is 1.23. The Morgan fingerprint density at radius 3 is 2.69 bits per heavy atom. The summed E-state index contributed by atoms with van der Waals surface area (Å²) in [7, 11) is 0. The summed E-state index contributed by atoms with van der Waals surface area (Å²) in [5.41, 5.74) is 0.937. The van der Waals surface area contributed by atoms with Gasteiger partial charge < -0.3 is 9.72 Å². The zero-order valence-corrected chi connectivity index (χ0v) is 8.80. The molecule has 5 heteroatoms.